The summed E-state index contributed by atoms with van der Waals surface area (Å²) in [6, 6.07) is 6.90. The van der Waals surface area contributed by atoms with Crippen molar-refractivity contribution < 1.29 is 18.0 Å². The third-order valence-electron chi connectivity index (χ3n) is 6.31. The number of rotatable bonds is 3. The van der Waals surface area contributed by atoms with Gasteiger partial charge >= 0.3 is 6.18 Å². The first kappa shape index (κ1) is 21.3. The highest BCUT2D eigenvalue weighted by Crippen LogP contribution is 2.42. The number of carbonyl (C=O) groups excluding carboxylic acids is 1. The van der Waals surface area contributed by atoms with Crippen LogP contribution in [-0.2, 0) is 19.0 Å². The zero-order valence-corrected chi connectivity index (χ0v) is 18.2. The number of carbonyl (C=O) groups is 1. The molecule has 0 radical (unpaired) electrons. The van der Waals surface area contributed by atoms with E-state index in [4.69, 9.17) is 0 Å². The molecule has 1 aromatic carbocycles. The van der Waals surface area contributed by atoms with E-state index >= 15 is 0 Å². The fourth-order valence-corrected chi connectivity index (χ4v) is 4.83. The van der Waals surface area contributed by atoms with Crippen molar-refractivity contribution in [2.24, 2.45) is 0 Å². The number of benzene rings is 1. The van der Waals surface area contributed by atoms with Gasteiger partial charge in [0.1, 0.15) is 5.69 Å². The normalized spacial score (nSPS) is 13.8. The SMILES string of the molecule is O=C(Nc1cccnc1)c1n[nH]c2ccc3nc(-c4cn[nH]c4C(F)(F)F)c4c(c3c12)CCCC4. The number of pyridine rings is 2. The third kappa shape index (κ3) is 3.50. The lowest BCUT2D eigenvalue weighted by atomic mass is 9.85. The van der Waals surface area contributed by atoms with Crippen molar-refractivity contribution in [2.45, 2.75) is 31.9 Å². The minimum absolute atomic E-state index is 0.0700. The maximum Gasteiger partial charge on any atom is 0.433 e. The van der Waals surface area contributed by atoms with E-state index in [2.05, 4.69) is 35.7 Å². The number of nitrogens with zero attached hydrogens (tertiary/aromatic N) is 4. The van der Waals surface area contributed by atoms with Crippen LogP contribution in [0.4, 0.5) is 18.9 Å². The summed E-state index contributed by atoms with van der Waals surface area (Å²) in [6.07, 6.45) is 2.69. The molecule has 1 amide bonds. The van der Waals surface area contributed by atoms with Crippen LogP contribution in [0.15, 0.2) is 42.9 Å². The van der Waals surface area contributed by atoms with Crippen LogP contribution in [0, 0.1) is 0 Å². The molecule has 0 bridgehead atoms. The molecular formula is C24H18F3N7O. The first-order chi connectivity index (χ1) is 16.9. The number of anilines is 1. The highest BCUT2D eigenvalue weighted by molar-refractivity contribution is 6.19. The first-order valence-corrected chi connectivity index (χ1v) is 11.1. The number of hydrogen-bond acceptors (Lipinski definition) is 5. The first-order valence-electron chi connectivity index (χ1n) is 11.1. The molecule has 4 aromatic heterocycles. The fourth-order valence-electron chi connectivity index (χ4n) is 4.83. The molecule has 0 saturated carbocycles. The molecule has 5 aromatic rings. The van der Waals surface area contributed by atoms with Crippen LogP contribution in [-0.4, -0.2) is 36.3 Å². The molecular weight excluding hydrogens is 459 g/mol. The predicted octanol–water partition coefficient (Wildman–Crippen LogP) is 5.05. The van der Waals surface area contributed by atoms with E-state index in [1.807, 2.05) is 0 Å². The Kier molecular flexibility index (Phi) is 4.80. The van der Waals surface area contributed by atoms with Gasteiger partial charge in [0.2, 0.25) is 0 Å². The van der Waals surface area contributed by atoms with Crippen molar-refractivity contribution in [3.8, 4) is 11.3 Å². The van der Waals surface area contributed by atoms with Crippen molar-refractivity contribution in [1.82, 2.24) is 30.4 Å². The van der Waals surface area contributed by atoms with E-state index in [1.54, 1.807) is 30.5 Å². The highest BCUT2D eigenvalue weighted by Gasteiger charge is 2.37. The molecule has 3 N–H and O–H groups in total. The van der Waals surface area contributed by atoms with Crippen LogP contribution < -0.4 is 5.32 Å². The van der Waals surface area contributed by atoms with Gasteiger partial charge in [-0.05, 0) is 61.1 Å². The van der Waals surface area contributed by atoms with Gasteiger partial charge in [-0.25, -0.2) is 4.98 Å². The van der Waals surface area contributed by atoms with Crippen LogP contribution in [0.1, 0.15) is 40.2 Å². The number of aromatic nitrogens is 6. The van der Waals surface area contributed by atoms with Crippen LogP contribution in [0.3, 0.4) is 0 Å². The fraction of sp³-hybridized carbons (Fsp3) is 0.208. The highest BCUT2D eigenvalue weighted by atomic mass is 19.4. The third-order valence-corrected chi connectivity index (χ3v) is 6.31. The van der Waals surface area contributed by atoms with Crippen molar-refractivity contribution >= 4 is 33.4 Å². The van der Waals surface area contributed by atoms with Gasteiger partial charge in [0.15, 0.2) is 5.69 Å². The monoisotopic (exact) mass is 477 g/mol. The number of aromatic amines is 2. The molecule has 4 heterocycles. The number of amides is 1. The summed E-state index contributed by atoms with van der Waals surface area (Å²) in [7, 11) is 0. The largest absolute Gasteiger partial charge is 0.433 e. The second kappa shape index (κ2) is 7.90. The molecule has 176 valence electrons. The summed E-state index contributed by atoms with van der Waals surface area (Å²) in [5, 5.41) is 17.0. The number of H-pyrrole nitrogens is 2. The molecule has 0 saturated heterocycles. The standard InChI is InChI=1S/C24H18F3N7O/c25-24(26,27)22-15(11-29-34-22)20-14-6-2-1-5-13(14)18-16(31-20)7-8-17-19(18)21(33-32-17)23(35)30-12-4-3-9-28-10-12/h3-4,7-11H,1-2,5-6H2,(H,29,34)(H,30,35)(H,32,33). The number of fused-ring (bicyclic) bond motifs is 5. The quantitative estimate of drug-likeness (QED) is 0.337. The van der Waals surface area contributed by atoms with Gasteiger partial charge in [0.25, 0.3) is 5.91 Å². The Morgan fingerprint density at radius 1 is 1.00 bits per heavy atom. The molecule has 35 heavy (non-hydrogen) atoms. The molecule has 8 nitrogen and oxygen atoms in total. The second-order valence-corrected chi connectivity index (χ2v) is 8.43. The van der Waals surface area contributed by atoms with E-state index in [-0.39, 0.29) is 17.0 Å². The average molecular weight is 477 g/mol. The second-order valence-electron chi connectivity index (χ2n) is 8.43. The average Bonchev–Trinajstić information content (AvgIpc) is 3.51. The van der Waals surface area contributed by atoms with Gasteiger partial charge in [-0.15, -0.1) is 0 Å². The molecule has 0 unspecified atom stereocenters. The summed E-state index contributed by atoms with van der Waals surface area (Å²) in [5.74, 6) is -0.417. The number of hydrogen-bond donors (Lipinski definition) is 3. The Bertz CT molecular complexity index is 1590. The van der Waals surface area contributed by atoms with Gasteiger partial charge in [-0.3, -0.25) is 20.0 Å². The molecule has 0 aliphatic heterocycles. The number of aryl methyl sites for hydroxylation is 1. The van der Waals surface area contributed by atoms with Gasteiger partial charge in [0.05, 0.1) is 40.4 Å². The van der Waals surface area contributed by atoms with Crippen LogP contribution in [0.2, 0.25) is 0 Å². The lowest BCUT2D eigenvalue weighted by Gasteiger charge is -2.22. The summed E-state index contributed by atoms with van der Waals surface area (Å²) in [4.78, 5) is 21.8. The van der Waals surface area contributed by atoms with E-state index < -0.39 is 17.8 Å². The Balaban J connectivity index is 1.59. The Labute approximate surface area is 196 Å². The van der Waals surface area contributed by atoms with Crippen LogP contribution in [0.25, 0.3) is 33.1 Å². The predicted molar refractivity (Wildman–Crippen MR) is 123 cm³/mol. The zero-order chi connectivity index (χ0) is 24.2. The Morgan fingerprint density at radius 2 is 1.83 bits per heavy atom. The molecule has 0 atom stereocenters. The summed E-state index contributed by atoms with van der Waals surface area (Å²) in [6.45, 7) is 0. The van der Waals surface area contributed by atoms with Gasteiger partial charge in [-0.1, -0.05) is 0 Å². The zero-order valence-electron chi connectivity index (χ0n) is 18.2. The van der Waals surface area contributed by atoms with Crippen molar-refractivity contribution in [3.63, 3.8) is 0 Å². The van der Waals surface area contributed by atoms with Crippen molar-refractivity contribution in [3.05, 3.63) is 65.4 Å². The molecule has 1 aliphatic rings. The number of halogens is 3. The Hall–Kier alpha value is -4.28. The summed E-state index contributed by atoms with van der Waals surface area (Å²) >= 11 is 0. The minimum atomic E-state index is -4.59. The van der Waals surface area contributed by atoms with Crippen molar-refractivity contribution in [1.29, 1.82) is 0 Å². The summed E-state index contributed by atoms with van der Waals surface area (Å²) in [5.41, 5.74) is 2.80. The molecule has 1 aliphatic carbocycles. The van der Waals surface area contributed by atoms with Crippen molar-refractivity contribution in [2.75, 3.05) is 5.32 Å². The molecule has 11 heteroatoms. The molecule has 0 fully saturated rings. The smallest absolute Gasteiger partial charge is 0.319 e. The van der Waals surface area contributed by atoms with E-state index in [0.717, 1.165) is 29.4 Å². The van der Waals surface area contributed by atoms with E-state index in [9.17, 15) is 18.0 Å². The topological polar surface area (TPSA) is 112 Å². The summed E-state index contributed by atoms with van der Waals surface area (Å²) < 4.78 is 40.9. The minimum Gasteiger partial charge on any atom is -0.319 e. The maximum absolute atomic E-state index is 13.6. The van der Waals surface area contributed by atoms with Gasteiger partial charge in [-0.2, -0.15) is 23.4 Å². The number of alkyl halides is 3. The molecule has 6 rings (SSSR count). The van der Waals surface area contributed by atoms with Crippen LogP contribution >= 0.6 is 0 Å². The maximum atomic E-state index is 13.6. The van der Waals surface area contributed by atoms with E-state index in [0.29, 0.717) is 34.9 Å². The van der Waals surface area contributed by atoms with Gasteiger partial charge in [0, 0.05) is 17.0 Å². The lowest BCUT2D eigenvalue weighted by Crippen LogP contribution is -2.14. The number of nitrogens with one attached hydrogen (secondary N) is 3. The lowest BCUT2D eigenvalue weighted by molar-refractivity contribution is -0.140. The van der Waals surface area contributed by atoms with Crippen LogP contribution in [0.5, 0.6) is 0 Å². The Morgan fingerprint density at radius 3 is 2.60 bits per heavy atom. The van der Waals surface area contributed by atoms with E-state index in [1.165, 1.54) is 12.4 Å². The molecule has 0 spiro atoms. The van der Waals surface area contributed by atoms with Gasteiger partial charge < -0.3 is 5.32 Å².